The quantitative estimate of drug-likeness (QED) is 0.809. The minimum Gasteiger partial charge on any atom is -0.497 e. The van der Waals surface area contributed by atoms with Gasteiger partial charge in [0.05, 0.1) is 20.3 Å². The first-order valence-corrected chi connectivity index (χ1v) is 6.90. The van der Waals surface area contributed by atoms with Crippen LogP contribution in [0.5, 0.6) is 5.75 Å². The van der Waals surface area contributed by atoms with Crippen LogP contribution in [0, 0.1) is 0 Å². The minimum absolute atomic E-state index is 0.0425. The highest BCUT2D eigenvalue weighted by Crippen LogP contribution is 2.12. The lowest BCUT2D eigenvalue weighted by Gasteiger charge is -2.28. The van der Waals surface area contributed by atoms with Crippen molar-refractivity contribution in [3.8, 4) is 5.75 Å². The number of ether oxygens (including phenoxy) is 2. The summed E-state index contributed by atoms with van der Waals surface area (Å²) in [5.41, 5.74) is 0.690. The number of carbonyl (C=O) groups is 1. The van der Waals surface area contributed by atoms with Crippen molar-refractivity contribution in [1.82, 2.24) is 9.80 Å². The van der Waals surface area contributed by atoms with Crippen molar-refractivity contribution < 1.29 is 14.3 Å². The molecule has 110 valence electrons. The van der Waals surface area contributed by atoms with Crippen LogP contribution in [0.3, 0.4) is 0 Å². The average molecular weight is 278 g/mol. The van der Waals surface area contributed by atoms with Gasteiger partial charge in [-0.15, -0.1) is 0 Å². The molecule has 5 nitrogen and oxygen atoms in total. The number of morpholine rings is 1. The van der Waals surface area contributed by atoms with Crippen LogP contribution in [-0.2, 0) is 4.74 Å². The van der Waals surface area contributed by atoms with Gasteiger partial charge in [0.2, 0.25) is 0 Å². The Morgan fingerprint density at radius 1 is 1.30 bits per heavy atom. The van der Waals surface area contributed by atoms with Crippen LogP contribution in [0.4, 0.5) is 0 Å². The molecule has 0 bridgehead atoms. The number of amides is 1. The Hall–Kier alpha value is -1.59. The van der Waals surface area contributed by atoms with E-state index in [1.165, 1.54) is 0 Å². The molecule has 0 radical (unpaired) electrons. The maximum absolute atomic E-state index is 12.3. The van der Waals surface area contributed by atoms with Gasteiger partial charge >= 0.3 is 0 Å². The summed E-state index contributed by atoms with van der Waals surface area (Å²) >= 11 is 0. The lowest BCUT2D eigenvalue weighted by molar-refractivity contribution is 0.0338. The number of nitrogens with zero attached hydrogens (tertiary/aromatic N) is 2. The van der Waals surface area contributed by atoms with E-state index in [0.29, 0.717) is 5.56 Å². The van der Waals surface area contributed by atoms with E-state index in [1.807, 2.05) is 19.2 Å². The molecule has 1 aromatic rings. The molecule has 0 N–H and O–H groups in total. The summed E-state index contributed by atoms with van der Waals surface area (Å²) in [5.74, 6) is 0.804. The molecule has 0 aliphatic carbocycles. The topological polar surface area (TPSA) is 42.0 Å². The molecule has 2 rings (SSSR count). The van der Waals surface area contributed by atoms with Crippen molar-refractivity contribution in [2.24, 2.45) is 0 Å². The Morgan fingerprint density at radius 2 is 1.95 bits per heavy atom. The van der Waals surface area contributed by atoms with Crippen LogP contribution in [-0.4, -0.2) is 69.3 Å². The second-order valence-electron chi connectivity index (χ2n) is 4.91. The highest BCUT2D eigenvalue weighted by molar-refractivity contribution is 5.94. The van der Waals surface area contributed by atoms with Crippen molar-refractivity contribution in [3.05, 3.63) is 29.8 Å². The van der Waals surface area contributed by atoms with E-state index in [-0.39, 0.29) is 5.91 Å². The summed E-state index contributed by atoms with van der Waals surface area (Å²) in [7, 11) is 3.46. The van der Waals surface area contributed by atoms with Crippen LogP contribution in [0.15, 0.2) is 24.3 Å². The molecule has 1 aliphatic rings. The molecule has 1 amide bonds. The molecule has 1 heterocycles. The van der Waals surface area contributed by atoms with E-state index in [9.17, 15) is 4.79 Å². The molecule has 0 spiro atoms. The summed E-state index contributed by atoms with van der Waals surface area (Å²) in [6.45, 7) is 5.09. The normalized spacial score (nSPS) is 15.9. The maximum atomic E-state index is 12.3. The predicted molar refractivity (Wildman–Crippen MR) is 77.2 cm³/mol. The fourth-order valence-corrected chi connectivity index (χ4v) is 2.17. The van der Waals surface area contributed by atoms with Crippen molar-refractivity contribution in [3.63, 3.8) is 0 Å². The van der Waals surface area contributed by atoms with Crippen LogP contribution in [0.25, 0.3) is 0 Å². The fourth-order valence-electron chi connectivity index (χ4n) is 2.17. The zero-order valence-electron chi connectivity index (χ0n) is 12.2. The molecule has 5 heteroatoms. The van der Waals surface area contributed by atoms with Crippen LogP contribution in [0.1, 0.15) is 10.4 Å². The third kappa shape index (κ3) is 3.95. The Labute approximate surface area is 120 Å². The van der Waals surface area contributed by atoms with Crippen LogP contribution in [0.2, 0.25) is 0 Å². The number of carbonyl (C=O) groups excluding carboxylic acids is 1. The van der Waals surface area contributed by atoms with Crippen molar-refractivity contribution >= 4 is 5.91 Å². The third-order valence-corrected chi connectivity index (χ3v) is 3.54. The summed E-state index contributed by atoms with van der Waals surface area (Å²) in [6, 6.07) is 7.21. The van der Waals surface area contributed by atoms with Gasteiger partial charge in [-0.2, -0.15) is 0 Å². The minimum atomic E-state index is 0.0425. The fraction of sp³-hybridized carbons (Fsp3) is 0.533. The molecule has 20 heavy (non-hydrogen) atoms. The zero-order valence-corrected chi connectivity index (χ0v) is 12.2. The van der Waals surface area contributed by atoms with Crippen molar-refractivity contribution in [2.45, 2.75) is 0 Å². The number of rotatable bonds is 5. The first kappa shape index (κ1) is 14.8. The smallest absolute Gasteiger partial charge is 0.253 e. The van der Waals surface area contributed by atoms with Gasteiger partial charge in [0, 0.05) is 38.8 Å². The molecule has 1 saturated heterocycles. The monoisotopic (exact) mass is 278 g/mol. The molecular formula is C15H22N2O3. The van der Waals surface area contributed by atoms with Crippen molar-refractivity contribution in [2.75, 3.05) is 53.6 Å². The molecule has 1 aliphatic heterocycles. The molecular weight excluding hydrogens is 256 g/mol. The largest absolute Gasteiger partial charge is 0.497 e. The Bertz CT molecular complexity index is 427. The lowest BCUT2D eigenvalue weighted by atomic mass is 10.2. The molecule has 1 aromatic carbocycles. The van der Waals surface area contributed by atoms with Gasteiger partial charge in [-0.25, -0.2) is 0 Å². The number of likely N-dealkylation sites (N-methyl/N-ethyl adjacent to an activating group) is 1. The van der Waals surface area contributed by atoms with E-state index < -0.39 is 0 Å². The first-order valence-electron chi connectivity index (χ1n) is 6.90. The summed E-state index contributed by atoms with van der Waals surface area (Å²) in [5, 5.41) is 0. The van der Waals surface area contributed by atoms with Gasteiger partial charge < -0.3 is 14.4 Å². The summed E-state index contributed by atoms with van der Waals surface area (Å²) in [6.07, 6.45) is 0. The van der Waals surface area contributed by atoms with Gasteiger partial charge in [-0.3, -0.25) is 9.69 Å². The number of benzene rings is 1. The standard InChI is InChI=1S/C15H22N2O3/c1-16(7-8-17-9-11-20-12-10-17)15(18)13-3-5-14(19-2)6-4-13/h3-6H,7-12H2,1-2H3. The van der Waals surface area contributed by atoms with Crippen molar-refractivity contribution in [1.29, 1.82) is 0 Å². The number of methoxy groups -OCH3 is 1. The van der Waals surface area contributed by atoms with E-state index >= 15 is 0 Å². The maximum Gasteiger partial charge on any atom is 0.253 e. The summed E-state index contributed by atoms with van der Waals surface area (Å²) < 4.78 is 10.4. The Balaban J connectivity index is 1.83. The highest BCUT2D eigenvalue weighted by atomic mass is 16.5. The van der Waals surface area contributed by atoms with Gasteiger partial charge in [-0.1, -0.05) is 0 Å². The predicted octanol–water partition coefficient (Wildman–Crippen LogP) is 1.10. The van der Waals surface area contributed by atoms with Gasteiger partial charge in [0.1, 0.15) is 5.75 Å². The SMILES string of the molecule is COc1ccc(C(=O)N(C)CCN2CCOCC2)cc1. The molecule has 0 aromatic heterocycles. The van der Waals surface area contributed by atoms with Gasteiger partial charge in [-0.05, 0) is 24.3 Å². The lowest BCUT2D eigenvalue weighted by Crippen LogP contribution is -2.41. The summed E-state index contributed by atoms with van der Waals surface area (Å²) in [4.78, 5) is 16.3. The first-order chi connectivity index (χ1) is 9.70. The second-order valence-corrected chi connectivity index (χ2v) is 4.91. The Kier molecular flexibility index (Phi) is 5.38. The second kappa shape index (κ2) is 7.26. The number of hydrogen-bond acceptors (Lipinski definition) is 4. The van der Waals surface area contributed by atoms with E-state index in [1.54, 1.807) is 24.1 Å². The third-order valence-electron chi connectivity index (χ3n) is 3.54. The number of hydrogen-bond donors (Lipinski definition) is 0. The van der Waals surface area contributed by atoms with E-state index in [4.69, 9.17) is 9.47 Å². The van der Waals surface area contributed by atoms with E-state index in [2.05, 4.69) is 4.90 Å². The average Bonchev–Trinajstić information content (AvgIpc) is 2.53. The van der Waals surface area contributed by atoms with Crippen LogP contribution < -0.4 is 4.74 Å². The van der Waals surface area contributed by atoms with E-state index in [0.717, 1.165) is 45.1 Å². The van der Waals surface area contributed by atoms with Gasteiger partial charge in [0.15, 0.2) is 0 Å². The molecule has 0 unspecified atom stereocenters. The molecule has 1 fully saturated rings. The molecule has 0 atom stereocenters. The highest BCUT2D eigenvalue weighted by Gasteiger charge is 2.14. The molecule has 0 saturated carbocycles. The Morgan fingerprint density at radius 3 is 2.55 bits per heavy atom. The van der Waals surface area contributed by atoms with Gasteiger partial charge in [0.25, 0.3) is 5.91 Å². The zero-order chi connectivity index (χ0) is 14.4. The van der Waals surface area contributed by atoms with Crippen LogP contribution >= 0.6 is 0 Å².